The van der Waals surface area contributed by atoms with Crippen LogP contribution in [0.3, 0.4) is 0 Å². The minimum atomic E-state index is 0.658. The molecule has 0 radical (unpaired) electrons. The third kappa shape index (κ3) is 3.76. The van der Waals surface area contributed by atoms with Gasteiger partial charge < -0.3 is 10.6 Å². The van der Waals surface area contributed by atoms with Gasteiger partial charge in [0.25, 0.3) is 0 Å². The Morgan fingerprint density at radius 2 is 2.19 bits per heavy atom. The van der Waals surface area contributed by atoms with Gasteiger partial charge in [0.05, 0.1) is 4.47 Å². The molecule has 0 amide bonds. The smallest absolute Gasteiger partial charge is 0.142 e. The molecule has 0 aliphatic heterocycles. The number of nitrogens with two attached hydrogens (primary N) is 1. The van der Waals surface area contributed by atoms with Gasteiger partial charge >= 0.3 is 0 Å². The van der Waals surface area contributed by atoms with E-state index in [-0.39, 0.29) is 0 Å². The molecule has 1 aromatic rings. The summed E-state index contributed by atoms with van der Waals surface area (Å²) >= 11 is 3.56. The van der Waals surface area contributed by atoms with Crippen molar-refractivity contribution < 1.29 is 0 Å². The summed E-state index contributed by atoms with van der Waals surface area (Å²) in [6.45, 7) is 6.77. The van der Waals surface area contributed by atoms with Crippen LogP contribution in [-0.2, 0) is 0 Å². The summed E-state index contributed by atoms with van der Waals surface area (Å²) in [5.74, 6) is 1.00. The molecule has 0 aliphatic carbocycles. The molecule has 0 atom stereocenters. The van der Waals surface area contributed by atoms with Crippen LogP contribution in [0.15, 0.2) is 16.7 Å². The number of unbranched alkanes of at least 4 members (excludes halogenated alkanes) is 1. The highest BCUT2D eigenvalue weighted by Crippen LogP contribution is 2.24. The second-order valence-corrected chi connectivity index (χ2v) is 4.80. The van der Waals surface area contributed by atoms with E-state index >= 15 is 0 Å². The summed E-state index contributed by atoms with van der Waals surface area (Å²) in [5.41, 5.74) is 6.80. The number of nitrogens with zero attached hydrogens (tertiary/aromatic N) is 2. The van der Waals surface area contributed by atoms with Crippen molar-refractivity contribution in [2.75, 3.05) is 24.5 Å². The predicted octanol–water partition coefficient (Wildman–Crippen LogP) is 2.72. The fourth-order valence-corrected chi connectivity index (χ4v) is 2.30. The van der Waals surface area contributed by atoms with E-state index in [4.69, 9.17) is 5.73 Å². The first-order valence-corrected chi connectivity index (χ1v) is 6.55. The Bertz CT molecular complexity index is 328. The van der Waals surface area contributed by atoms with E-state index < -0.39 is 0 Å². The monoisotopic (exact) mass is 285 g/mol. The fourth-order valence-electron chi connectivity index (χ4n) is 1.59. The summed E-state index contributed by atoms with van der Waals surface area (Å²) in [4.78, 5) is 6.72. The van der Waals surface area contributed by atoms with Crippen LogP contribution in [0.1, 0.15) is 25.3 Å². The number of aryl methyl sites for hydroxylation is 1. The van der Waals surface area contributed by atoms with Crippen LogP contribution in [0.4, 0.5) is 5.82 Å². The Labute approximate surface area is 106 Å². The lowest BCUT2D eigenvalue weighted by Crippen LogP contribution is -2.31. The Hall–Kier alpha value is -0.610. The van der Waals surface area contributed by atoms with Gasteiger partial charge in [0.2, 0.25) is 0 Å². The average molecular weight is 286 g/mol. The van der Waals surface area contributed by atoms with Gasteiger partial charge in [-0.3, -0.25) is 0 Å². The number of hydrogen-bond acceptors (Lipinski definition) is 3. The van der Waals surface area contributed by atoms with Crippen molar-refractivity contribution in [2.24, 2.45) is 5.73 Å². The molecule has 0 spiro atoms. The number of aromatic nitrogens is 1. The number of rotatable bonds is 6. The molecule has 90 valence electrons. The molecule has 0 aliphatic rings. The van der Waals surface area contributed by atoms with Crippen molar-refractivity contribution in [1.82, 2.24) is 4.98 Å². The van der Waals surface area contributed by atoms with E-state index in [0.29, 0.717) is 6.54 Å². The molecule has 1 heterocycles. The Kier molecular flexibility index (Phi) is 5.77. The number of halogens is 1. The predicted molar refractivity (Wildman–Crippen MR) is 72.8 cm³/mol. The first-order chi connectivity index (χ1) is 7.69. The van der Waals surface area contributed by atoms with Gasteiger partial charge in [0, 0.05) is 25.8 Å². The summed E-state index contributed by atoms with van der Waals surface area (Å²) in [6.07, 6.45) is 4.25. The number of anilines is 1. The lowest BCUT2D eigenvalue weighted by molar-refractivity contribution is 0.706. The molecule has 4 heteroatoms. The zero-order valence-corrected chi connectivity index (χ0v) is 11.6. The van der Waals surface area contributed by atoms with Crippen LogP contribution in [0.25, 0.3) is 0 Å². The van der Waals surface area contributed by atoms with Crippen molar-refractivity contribution >= 4 is 21.7 Å². The van der Waals surface area contributed by atoms with Gasteiger partial charge in [-0.2, -0.15) is 0 Å². The van der Waals surface area contributed by atoms with Gasteiger partial charge in [-0.05, 0) is 40.9 Å². The Morgan fingerprint density at radius 3 is 2.75 bits per heavy atom. The normalized spacial score (nSPS) is 10.5. The molecule has 3 nitrogen and oxygen atoms in total. The zero-order chi connectivity index (χ0) is 12.0. The molecule has 0 unspecified atom stereocenters. The lowest BCUT2D eigenvalue weighted by Gasteiger charge is -2.24. The van der Waals surface area contributed by atoms with Crippen LogP contribution >= 0.6 is 15.9 Å². The largest absolute Gasteiger partial charge is 0.354 e. The first-order valence-electron chi connectivity index (χ1n) is 5.76. The van der Waals surface area contributed by atoms with E-state index in [9.17, 15) is 0 Å². The van der Waals surface area contributed by atoms with Crippen molar-refractivity contribution in [2.45, 2.75) is 26.7 Å². The highest BCUT2D eigenvalue weighted by molar-refractivity contribution is 9.10. The van der Waals surface area contributed by atoms with E-state index in [1.165, 1.54) is 18.4 Å². The van der Waals surface area contributed by atoms with Gasteiger partial charge in [-0.1, -0.05) is 13.3 Å². The lowest BCUT2D eigenvalue weighted by atomic mass is 10.3. The molecule has 0 fully saturated rings. The van der Waals surface area contributed by atoms with E-state index in [2.05, 4.69) is 38.8 Å². The fraction of sp³-hybridized carbons (Fsp3) is 0.583. The van der Waals surface area contributed by atoms with Crippen LogP contribution in [-0.4, -0.2) is 24.6 Å². The minimum absolute atomic E-state index is 0.658. The molecule has 0 saturated heterocycles. The van der Waals surface area contributed by atoms with E-state index in [0.717, 1.165) is 23.4 Å². The summed E-state index contributed by atoms with van der Waals surface area (Å²) < 4.78 is 1.05. The molecule has 1 rings (SSSR count). The minimum Gasteiger partial charge on any atom is -0.354 e. The number of pyridine rings is 1. The first kappa shape index (κ1) is 13.5. The molecule has 0 saturated carbocycles. The van der Waals surface area contributed by atoms with Gasteiger partial charge in [0.15, 0.2) is 0 Å². The second kappa shape index (κ2) is 6.86. The van der Waals surface area contributed by atoms with Crippen LogP contribution in [0.2, 0.25) is 0 Å². The summed E-state index contributed by atoms with van der Waals surface area (Å²) in [5, 5.41) is 0. The molecule has 2 N–H and O–H groups in total. The quantitative estimate of drug-likeness (QED) is 0.874. The third-order valence-corrected chi connectivity index (χ3v) is 3.02. The second-order valence-electron chi connectivity index (χ2n) is 3.95. The number of hydrogen-bond donors (Lipinski definition) is 1. The molecule has 0 aromatic carbocycles. The van der Waals surface area contributed by atoms with Crippen LogP contribution in [0, 0.1) is 6.92 Å². The SMILES string of the molecule is CCCCN(CCN)c1ncc(C)cc1Br. The van der Waals surface area contributed by atoms with E-state index in [1.807, 2.05) is 13.1 Å². The maximum absolute atomic E-state index is 5.63. The Morgan fingerprint density at radius 1 is 1.44 bits per heavy atom. The molecule has 1 aromatic heterocycles. The van der Waals surface area contributed by atoms with Crippen LogP contribution < -0.4 is 10.6 Å². The van der Waals surface area contributed by atoms with E-state index in [1.54, 1.807) is 0 Å². The highest BCUT2D eigenvalue weighted by atomic mass is 79.9. The summed E-state index contributed by atoms with van der Waals surface area (Å²) in [6, 6.07) is 2.10. The Balaban J connectivity index is 2.82. The zero-order valence-electron chi connectivity index (χ0n) is 10.0. The van der Waals surface area contributed by atoms with Crippen molar-refractivity contribution in [3.63, 3.8) is 0 Å². The highest BCUT2D eigenvalue weighted by Gasteiger charge is 2.10. The van der Waals surface area contributed by atoms with Crippen molar-refractivity contribution in [3.05, 3.63) is 22.3 Å². The molecule has 16 heavy (non-hydrogen) atoms. The maximum Gasteiger partial charge on any atom is 0.142 e. The van der Waals surface area contributed by atoms with Gasteiger partial charge in [0.1, 0.15) is 5.82 Å². The average Bonchev–Trinajstić information content (AvgIpc) is 2.25. The molecular weight excluding hydrogens is 266 g/mol. The van der Waals surface area contributed by atoms with Crippen LogP contribution in [0.5, 0.6) is 0 Å². The maximum atomic E-state index is 5.63. The summed E-state index contributed by atoms with van der Waals surface area (Å²) in [7, 11) is 0. The topological polar surface area (TPSA) is 42.1 Å². The van der Waals surface area contributed by atoms with Crippen molar-refractivity contribution in [3.8, 4) is 0 Å². The standard InChI is InChI=1S/C12H20BrN3/c1-3-4-6-16(7-5-14)12-11(13)8-10(2)9-15-12/h8-9H,3-7,14H2,1-2H3. The molecule has 0 bridgehead atoms. The van der Waals surface area contributed by atoms with Crippen molar-refractivity contribution in [1.29, 1.82) is 0 Å². The van der Waals surface area contributed by atoms with Gasteiger partial charge in [-0.15, -0.1) is 0 Å². The third-order valence-electron chi connectivity index (χ3n) is 2.44. The van der Waals surface area contributed by atoms with Gasteiger partial charge in [-0.25, -0.2) is 4.98 Å². The molecular formula is C12H20BrN3.